The van der Waals surface area contributed by atoms with Gasteiger partial charge in [0.15, 0.2) is 11.5 Å². The maximum absolute atomic E-state index is 13.7. The third-order valence-electron chi connectivity index (χ3n) is 4.86. The molecule has 5 heteroatoms. The summed E-state index contributed by atoms with van der Waals surface area (Å²) in [6, 6.07) is 18.8. The van der Waals surface area contributed by atoms with Crippen molar-refractivity contribution in [2.75, 3.05) is 13.2 Å². The standard InChI is InChI=1S/C25H27ClFNO2/c1-3-29-24-15-19(16-28-13-12-20-9-6-7-11-23(20)27)14-22(26)25(24)30-17-21-10-5-4-8-18(21)2/h4-11,14-15,28H,3,12-13,16-17H2,1-2H3. The van der Waals surface area contributed by atoms with Crippen LogP contribution in [0.4, 0.5) is 4.39 Å². The van der Waals surface area contributed by atoms with Gasteiger partial charge in [0.25, 0.3) is 0 Å². The van der Waals surface area contributed by atoms with Crippen molar-refractivity contribution in [3.05, 3.63) is 93.8 Å². The lowest BCUT2D eigenvalue weighted by Gasteiger charge is -2.16. The fourth-order valence-corrected chi connectivity index (χ4v) is 3.49. The van der Waals surface area contributed by atoms with Gasteiger partial charge in [-0.3, -0.25) is 0 Å². The Morgan fingerprint density at radius 1 is 0.967 bits per heavy atom. The maximum Gasteiger partial charge on any atom is 0.180 e. The summed E-state index contributed by atoms with van der Waals surface area (Å²) in [6.07, 6.45) is 0.621. The van der Waals surface area contributed by atoms with E-state index in [-0.39, 0.29) is 5.82 Å². The van der Waals surface area contributed by atoms with Crippen LogP contribution in [0, 0.1) is 12.7 Å². The molecule has 3 rings (SSSR count). The molecule has 1 N–H and O–H groups in total. The van der Waals surface area contributed by atoms with Crippen molar-refractivity contribution in [2.24, 2.45) is 0 Å². The molecule has 158 valence electrons. The predicted octanol–water partition coefficient (Wildman–Crippen LogP) is 6.10. The quantitative estimate of drug-likeness (QED) is 0.397. The van der Waals surface area contributed by atoms with Crippen LogP contribution in [0.3, 0.4) is 0 Å². The van der Waals surface area contributed by atoms with Crippen LogP contribution >= 0.6 is 11.6 Å². The molecule has 0 fully saturated rings. The molecule has 0 heterocycles. The van der Waals surface area contributed by atoms with Gasteiger partial charge in [0.05, 0.1) is 11.6 Å². The molecule has 0 bridgehead atoms. The summed E-state index contributed by atoms with van der Waals surface area (Å²) in [5.74, 6) is 1.01. The Balaban J connectivity index is 1.63. The zero-order valence-electron chi connectivity index (χ0n) is 17.4. The van der Waals surface area contributed by atoms with Gasteiger partial charge < -0.3 is 14.8 Å². The summed E-state index contributed by atoms with van der Waals surface area (Å²) in [7, 11) is 0. The van der Waals surface area contributed by atoms with Crippen molar-refractivity contribution in [3.8, 4) is 11.5 Å². The van der Waals surface area contributed by atoms with Crippen LogP contribution in [0.2, 0.25) is 5.02 Å². The first-order chi connectivity index (χ1) is 14.6. The number of aryl methyl sites for hydroxylation is 1. The molecular formula is C25H27ClFNO2. The van der Waals surface area contributed by atoms with E-state index in [1.54, 1.807) is 6.07 Å². The van der Waals surface area contributed by atoms with Gasteiger partial charge in [-0.1, -0.05) is 54.1 Å². The number of hydrogen-bond acceptors (Lipinski definition) is 3. The molecule has 0 aliphatic heterocycles. The summed E-state index contributed by atoms with van der Waals surface area (Å²) in [5.41, 5.74) is 3.97. The normalized spacial score (nSPS) is 10.8. The Kier molecular flexibility index (Phi) is 8.12. The highest BCUT2D eigenvalue weighted by Crippen LogP contribution is 2.37. The summed E-state index contributed by atoms with van der Waals surface area (Å²) in [4.78, 5) is 0. The van der Waals surface area contributed by atoms with Gasteiger partial charge in [0.1, 0.15) is 12.4 Å². The second-order valence-corrected chi connectivity index (χ2v) is 7.48. The third-order valence-corrected chi connectivity index (χ3v) is 5.14. The molecule has 3 nitrogen and oxygen atoms in total. The smallest absolute Gasteiger partial charge is 0.180 e. The van der Waals surface area contributed by atoms with Crippen molar-refractivity contribution >= 4 is 11.6 Å². The Morgan fingerprint density at radius 2 is 1.70 bits per heavy atom. The molecule has 0 atom stereocenters. The van der Waals surface area contributed by atoms with E-state index in [4.69, 9.17) is 21.1 Å². The minimum Gasteiger partial charge on any atom is -0.490 e. The van der Waals surface area contributed by atoms with Crippen molar-refractivity contribution in [1.29, 1.82) is 0 Å². The largest absolute Gasteiger partial charge is 0.490 e. The summed E-state index contributed by atoms with van der Waals surface area (Å²) in [5, 5.41) is 3.85. The van der Waals surface area contributed by atoms with Gasteiger partial charge in [-0.2, -0.15) is 0 Å². The molecule has 0 aliphatic rings. The second-order valence-electron chi connectivity index (χ2n) is 7.07. The number of rotatable bonds is 10. The van der Waals surface area contributed by atoms with E-state index >= 15 is 0 Å². The number of benzene rings is 3. The van der Waals surface area contributed by atoms with Crippen LogP contribution in [-0.4, -0.2) is 13.2 Å². The van der Waals surface area contributed by atoms with Gasteiger partial charge in [0, 0.05) is 6.54 Å². The van der Waals surface area contributed by atoms with E-state index in [9.17, 15) is 4.39 Å². The van der Waals surface area contributed by atoms with Crippen LogP contribution < -0.4 is 14.8 Å². The summed E-state index contributed by atoms with van der Waals surface area (Å²) in [6.45, 7) is 6.19. The predicted molar refractivity (Wildman–Crippen MR) is 120 cm³/mol. The minimum atomic E-state index is -0.170. The van der Waals surface area contributed by atoms with E-state index in [1.165, 1.54) is 11.6 Å². The fourth-order valence-electron chi connectivity index (χ4n) is 3.21. The van der Waals surface area contributed by atoms with E-state index in [2.05, 4.69) is 18.3 Å². The number of nitrogens with one attached hydrogen (secondary N) is 1. The molecule has 0 aliphatic carbocycles. The molecule has 0 unspecified atom stereocenters. The van der Waals surface area contributed by atoms with Crippen molar-refractivity contribution in [2.45, 2.75) is 33.4 Å². The second kappa shape index (κ2) is 11.0. The zero-order valence-corrected chi connectivity index (χ0v) is 18.1. The van der Waals surface area contributed by atoms with Crippen molar-refractivity contribution < 1.29 is 13.9 Å². The van der Waals surface area contributed by atoms with Gasteiger partial charge in [0.2, 0.25) is 0 Å². The molecule has 3 aromatic rings. The maximum atomic E-state index is 13.7. The van der Waals surface area contributed by atoms with Crippen molar-refractivity contribution in [3.63, 3.8) is 0 Å². The van der Waals surface area contributed by atoms with Crippen LogP contribution in [-0.2, 0) is 19.6 Å². The average Bonchev–Trinajstić information content (AvgIpc) is 2.73. The van der Waals surface area contributed by atoms with Crippen LogP contribution in [0.1, 0.15) is 29.2 Å². The third kappa shape index (κ3) is 5.97. The summed E-state index contributed by atoms with van der Waals surface area (Å²) >= 11 is 6.52. The summed E-state index contributed by atoms with van der Waals surface area (Å²) < 4.78 is 25.5. The lowest BCUT2D eigenvalue weighted by atomic mass is 10.1. The zero-order chi connectivity index (χ0) is 21.3. The van der Waals surface area contributed by atoms with E-state index < -0.39 is 0 Å². The first-order valence-electron chi connectivity index (χ1n) is 10.1. The van der Waals surface area contributed by atoms with Crippen LogP contribution in [0.5, 0.6) is 11.5 Å². The average molecular weight is 428 g/mol. The highest BCUT2D eigenvalue weighted by atomic mass is 35.5. The first-order valence-corrected chi connectivity index (χ1v) is 10.5. The molecule has 0 saturated carbocycles. The Hall–Kier alpha value is -2.56. The first kappa shape index (κ1) is 22.1. The molecule has 30 heavy (non-hydrogen) atoms. The van der Waals surface area contributed by atoms with Crippen molar-refractivity contribution in [1.82, 2.24) is 5.32 Å². The molecule has 0 saturated heterocycles. The van der Waals surface area contributed by atoms with E-state index in [1.807, 2.05) is 49.4 Å². The lowest BCUT2D eigenvalue weighted by molar-refractivity contribution is 0.269. The van der Waals surface area contributed by atoms with Gasteiger partial charge in [-0.05, 0) is 67.3 Å². The topological polar surface area (TPSA) is 30.5 Å². The monoisotopic (exact) mass is 427 g/mol. The van der Waals surface area contributed by atoms with E-state index in [0.717, 1.165) is 11.1 Å². The fraction of sp³-hybridized carbons (Fsp3) is 0.280. The van der Waals surface area contributed by atoms with Gasteiger partial charge in [-0.25, -0.2) is 4.39 Å². The molecule has 0 aromatic heterocycles. The number of hydrogen-bond donors (Lipinski definition) is 1. The molecule has 3 aromatic carbocycles. The van der Waals surface area contributed by atoms with Gasteiger partial charge >= 0.3 is 0 Å². The Bertz CT molecular complexity index is 977. The lowest BCUT2D eigenvalue weighted by Crippen LogP contribution is -2.17. The van der Waals surface area contributed by atoms with E-state index in [0.29, 0.717) is 54.8 Å². The highest BCUT2D eigenvalue weighted by molar-refractivity contribution is 6.32. The Labute approximate surface area is 182 Å². The molecular weight excluding hydrogens is 401 g/mol. The minimum absolute atomic E-state index is 0.170. The van der Waals surface area contributed by atoms with Gasteiger partial charge in [-0.15, -0.1) is 0 Å². The van der Waals surface area contributed by atoms with Crippen LogP contribution in [0.25, 0.3) is 0 Å². The SMILES string of the molecule is CCOc1cc(CNCCc2ccccc2F)cc(Cl)c1OCc1ccccc1C. The molecule has 0 spiro atoms. The number of halogens is 2. The molecule has 0 radical (unpaired) electrons. The Morgan fingerprint density at radius 3 is 2.43 bits per heavy atom. The van der Waals surface area contributed by atoms with Crippen LogP contribution in [0.15, 0.2) is 60.7 Å². The molecule has 0 amide bonds. The highest BCUT2D eigenvalue weighted by Gasteiger charge is 2.13. The number of ether oxygens (including phenoxy) is 2.